The van der Waals surface area contributed by atoms with Gasteiger partial charge in [-0.25, -0.2) is 0 Å². The van der Waals surface area contributed by atoms with Gasteiger partial charge in [0.2, 0.25) is 0 Å². The van der Waals surface area contributed by atoms with Crippen LogP contribution >= 0.6 is 11.6 Å². The predicted octanol–water partition coefficient (Wildman–Crippen LogP) is 2.85. The van der Waals surface area contributed by atoms with E-state index in [1.807, 2.05) is 19.9 Å². The lowest BCUT2D eigenvalue weighted by atomic mass is 10.2. The summed E-state index contributed by atoms with van der Waals surface area (Å²) >= 11 is 5.82. The number of hydrogen-bond donors (Lipinski definition) is 1. The highest BCUT2D eigenvalue weighted by atomic mass is 35.5. The van der Waals surface area contributed by atoms with Crippen molar-refractivity contribution in [2.24, 2.45) is 0 Å². The first-order valence-corrected chi connectivity index (χ1v) is 4.63. The van der Waals surface area contributed by atoms with Crippen LogP contribution in [0.25, 0.3) is 0 Å². The van der Waals surface area contributed by atoms with Crippen molar-refractivity contribution in [2.45, 2.75) is 26.6 Å². The molecule has 0 heterocycles. The molecule has 1 aromatic carbocycles. The lowest BCUT2D eigenvalue weighted by molar-refractivity contribution is 0.0661. The van der Waals surface area contributed by atoms with E-state index >= 15 is 0 Å². The number of nitrogen functional groups attached to an aromatic ring is 1. The highest BCUT2D eigenvalue weighted by molar-refractivity contribution is 6.30. The van der Waals surface area contributed by atoms with E-state index in [0.29, 0.717) is 11.6 Å². The molecule has 0 saturated carbocycles. The fourth-order valence-electron chi connectivity index (χ4n) is 0.956. The van der Waals surface area contributed by atoms with Gasteiger partial charge in [0, 0.05) is 16.3 Å². The molecule has 0 amide bonds. The van der Waals surface area contributed by atoms with Crippen LogP contribution in [0.3, 0.4) is 0 Å². The van der Waals surface area contributed by atoms with E-state index in [-0.39, 0.29) is 6.10 Å². The molecule has 0 aliphatic carbocycles. The molecule has 0 aliphatic heterocycles. The number of nitrogens with two attached hydrogens (primary N) is 1. The molecule has 0 radical (unpaired) electrons. The van der Waals surface area contributed by atoms with Gasteiger partial charge in [-0.05, 0) is 32.0 Å². The van der Waals surface area contributed by atoms with E-state index in [1.54, 1.807) is 12.1 Å². The molecule has 0 unspecified atom stereocenters. The van der Waals surface area contributed by atoms with Crippen molar-refractivity contribution >= 4 is 17.3 Å². The molecule has 3 heteroatoms. The molecule has 0 spiro atoms. The predicted molar refractivity (Wildman–Crippen MR) is 55.8 cm³/mol. The van der Waals surface area contributed by atoms with Crippen molar-refractivity contribution in [1.29, 1.82) is 0 Å². The first-order chi connectivity index (χ1) is 6.09. The van der Waals surface area contributed by atoms with Crippen molar-refractivity contribution in [2.75, 3.05) is 5.73 Å². The first kappa shape index (κ1) is 10.4. The lowest BCUT2D eigenvalue weighted by Gasteiger charge is -2.09. The second-order valence-corrected chi connectivity index (χ2v) is 3.64. The Bertz CT molecular complexity index is 286. The Hall–Kier alpha value is -0.730. The summed E-state index contributed by atoms with van der Waals surface area (Å²) in [6, 6.07) is 5.40. The Morgan fingerprint density at radius 2 is 2.15 bits per heavy atom. The largest absolute Gasteiger partial charge is 0.398 e. The summed E-state index contributed by atoms with van der Waals surface area (Å²) in [4.78, 5) is 0. The molecule has 13 heavy (non-hydrogen) atoms. The summed E-state index contributed by atoms with van der Waals surface area (Å²) in [5.41, 5.74) is 7.41. The first-order valence-electron chi connectivity index (χ1n) is 4.25. The van der Waals surface area contributed by atoms with Crippen LogP contribution in [0.15, 0.2) is 18.2 Å². The SMILES string of the molecule is CC(C)OCc1cc(Cl)ccc1N. The van der Waals surface area contributed by atoms with Gasteiger partial charge in [0.05, 0.1) is 12.7 Å². The molecule has 1 rings (SSSR count). The Morgan fingerprint density at radius 3 is 2.77 bits per heavy atom. The number of benzene rings is 1. The van der Waals surface area contributed by atoms with E-state index in [0.717, 1.165) is 11.3 Å². The van der Waals surface area contributed by atoms with Crippen LogP contribution in [-0.4, -0.2) is 6.10 Å². The van der Waals surface area contributed by atoms with Crippen LogP contribution in [0, 0.1) is 0 Å². The quantitative estimate of drug-likeness (QED) is 0.760. The maximum absolute atomic E-state index is 5.82. The summed E-state index contributed by atoms with van der Waals surface area (Å²) in [5, 5.41) is 0.691. The topological polar surface area (TPSA) is 35.2 Å². The molecule has 0 fully saturated rings. The molecular formula is C10H14ClNO. The van der Waals surface area contributed by atoms with Crippen LogP contribution in [-0.2, 0) is 11.3 Å². The highest BCUT2D eigenvalue weighted by Gasteiger charge is 2.01. The van der Waals surface area contributed by atoms with Gasteiger partial charge in [0.15, 0.2) is 0 Å². The Morgan fingerprint density at radius 1 is 1.46 bits per heavy atom. The van der Waals surface area contributed by atoms with Gasteiger partial charge >= 0.3 is 0 Å². The van der Waals surface area contributed by atoms with Crippen LogP contribution < -0.4 is 5.73 Å². The minimum atomic E-state index is 0.207. The van der Waals surface area contributed by atoms with Crippen molar-refractivity contribution < 1.29 is 4.74 Å². The number of ether oxygens (including phenoxy) is 1. The summed E-state index contributed by atoms with van der Waals surface area (Å²) < 4.78 is 5.43. The molecule has 0 saturated heterocycles. The Balaban J connectivity index is 2.70. The zero-order chi connectivity index (χ0) is 9.84. The van der Waals surface area contributed by atoms with Gasteiger partial charge in [-0.15, -0.1) is 0 Å². The van der Waals surface area contributed by atoms with Crippen LogP contribution in [0.4, 0.5) is 5.69 Å². The normalized spacial score (nSPS) is 10.8. The van der Waals surface area contributed by atoms with Gasteiger partial charge < -0.3 is 10.5 Å². The molecule has 1 aromatic rings. The van der Waals surface area contributed by atoms with Crippen molar-refractivity contribution in [3.63, 3.8) is 0 Å². The molecule has 0 bridgehead atoms. The summed E-state index contributed by atoms with van der Waals surface area (Å²) in [6.45, 7) is 4.49. The zero-order valence-corrected chi connectivity index (χ0v) is 8.64. The van der Waals surface area contributed by atoms with Crippen molar-refractivity contribution in [3.8, 4) is 0 Å². The molecule has 2 N–H and O–H groups in total. The molecule has 72 valence electrons. The van der Waals surface area contributed by atoms with Gasteiger partial charge in [-0.3, -0.25) is 0 Å². The number of hydrogen-bond acceptors (Lipinski definition) is 2. The van der Waals surface area contributed by atoms with Gasteiger partial charge in [-0.2, -0.15) is 0 Å². The average Bonchev–Trinajstić information content (AvgIpc) is 2.06. The summed E-state index contributed by atoms with van der Waals surface area (Å²) in [5.74, 6) is 0. The van der Waals surface area contributed by atoms with E-state index < -0.39 is 0 Å². The molecule has 2 nitrogen and oxygen atoms in total. The summed E-state index contributed by atoms with van der Waals surface area (Å²) in [6.07, 6.45) is 0.207. The second-order valence-electron chi connectivity index (χ2n) is 3.20. The lowest BCUT2D eigenvalue weighted by Crippen LogP contribution is -2.04. The average molecular weight is 200 g/mol. The fraction of sp³-hybridized carbons (Fsp3) is 0.400. The minimum absolute atomic E-state index is 0.207. The number of rotatable bonds is 3. The van der Waals surface area contributed by atoms with E-state index in [2.05, 4.69) is 0 Å². The molecular weight excluding hydrogens is 186 g/mol. The van der Waals surface area contributed by atoms with Gasteiger partial charge in [0.1, 0.15) is 0 Å². The van der Waals surface area contributed by atoms with E-state index in [4.69, 9.17) is 22.1 Å². The van der Waals surface area contributed by atoms with Crippen LogP contribution in [0.1, 0.15) is 19.4 Å². The number of anilines is 1. The summed E-state index contributed by atoms with van der Waals surface area (Å²) in [7, 11) is 0. The third-order valence-electron chi connectivity index (χ3n) is 1.68. The molecule has 0 aromatic heterocycles. The second kappa shape index (κ2) is 4.49. The third kappa shape index (κ3) is 3.25. The van der Waals surface area contributed by atoms with Crippen molar-refractivity contribution in [1.82, 2.24) is 0 Å². The highest BCUT2D eigenvalue weighted by Crippen LogP contribution is 2.18. The van der Waals surface area contributed by atoms with Crippen LogP contribution in [0.5, 0.6) is 0 Å². The van der Waals surface area contributed by atoms with Crippen molar-refractivity contribution in [3.05, 3.63) is 28.8 Å². The maximum Gasteiger partial charge on any atom is 0.0740 e. The molecule has 0 atom stereocenters. The van der Waals surface area contributed by atoms with E-state index in [9.17, 15) is 0 Å². The van der Waals surface area contributed by atoms with E-state index in [1.165, 1.54) is 0 Å². The zero-order valence-electron chi connectivity index (χ0n) is 7.88. The molecule has 0 aliphatic rings. The third-order valence-corrected chi connectivity index (χ3v) is 1.91. The standard InChI is InChI=1S/C10H14ClNO/c1-7(2)13-6-8-5-9(11)3-4-10(8)12/h3-5,7H,6,12H2,1-2H3. The van der Waals surface area contributed by atoms with Crippen LogP contribution in [0.2, 0.25) is 5.02 Å². The Labute approximate surface area is 83.6 Å². The van der Waals surface area contributed by atoms with Gasteiger partial charge in [0.25, 0.3) is 0 Å². The number of halogens is 1. The van der Waals surface area contributed by atoms with Gasteiger partial charge in [-0.1, -0.05) is 11.6 Å². The fourth-order valence-corrected chi connectivity index (χ4v) is 1.15. The minimum Gasteiger partial charge on any atom is -0.398 e. The maximum atomic E-state index is 5.82. The Kier molecular flexibility index (Phi) is 3.58. The smallest absolute Gasteiger partial charge is 0.0740 e. The monoisotopic (exact) mass is 199 g/mol.